The Morgan fingerprint density at radius 2 is 2.00 bits per heavy atom. The van der Waals surface area contributed by atoms with Gasteiger partial charge in [-0.05, 0) is 19.8 Å². The van der Waals surface area contributed by atoms with Gasteiger partial charge in [-0.15, -0.1) is 0 Å². The highest BCUT2D eigenvalue weighted by molar-refractivity contribution is 5.37. The molecule has 0 spiro atoms. The molecular formula is C11H18N4O. The molecule has 1 aliphatic heterocycles. The fourth-order valence-corrected chi connectivity index (χ4v) is 1.87. The van der Waals surface area contributed by atoms with Crippen molar-refractivity contribution in [1.29, 1.82) is 0 Å². The largest absolute Gasteiger partial charge is 0.481 e. The van der Waals surface area contributed by atoms with E-state index in [4.69, 9.17) is 4.74 Å². The molecule has 5 heteroatoms. The van der Waals surface area contributed by atoms with Crippen molar-refractivity contribution in [1.82, 2.24) is 15.0 Å². The maximum Gasteiger partial charge on any atom is 0.218 e. The average Bonchev–Trinajstić information content (AvgIpc) is 2.29. The predicted molar refractivity (Wildman–Crippen MR) is 62.4 cm³/mol. The summed E-state index contributed by atoms with van der Waals surface area (Å²) in [5.41, 5.74) is 3.30. The van der Waals surface area contributed by atoms with Crippen molar-refractivity contribution in [3.8, 4) is 5.88 Å². The van der Waals surface area contributed by atoms with Gasteiger partial charge in [-0.25, -0.2) is 9.99 Å². The van der Waals surface area contributed by atoms with Crippen LogP contribution in [0.25, 0.3) is 0 Å². The van der Waals surface area contributed by atoms with Crippen LogP contribution in [0, 0.1) is 6.92 Å². The van der Waals surface area contributed by atoms with Gasteiger partial charge in [0, 0.05) is 19.2 Å². The minimum atomic E-state index is 0.604. The van der Waals surface area contributed by atoms with Crippen LogP contribution in [0.4, 0.5) is 5.82 Å². The maximum atomic E-state index is 5.12. The van der Waals surface area contributed by atoms with Crippen LogP contribution in [0.2, 0.25) is 0 Å². The molecule has 1 N–H and O–H groups in total. The molecule has 5 nitrogen and oxygen atoms in total. The number of anilines is 1. The Kier molecular flexibility index (Phi) is 3.56. The topological polar surface area (TPSA) is 50.3 Å². The zero-order chi connectivity index (χ0) is 11.4. The summed E-state index contributed by atoms with van der Waals surface area (Å²) in [5, 5.41) is 2.20. The van der Waals surface area contributed by atoms with Crippen LogP contribution < -0.4 is 10.2 Å². The fourth-order valence-electron chi connectivity index (χ4n) is 1.87. The van der Waals surface area contributed by atoms with Crippen molar-refractivity contribution in [3.05, 3.63) is 11.9 Å². The monoisotopic (exact) mass is 222 g/mol. The molecule has 0 bridgehead atoms. The Morgan fingerprint density at radius 3 is 2.69 bits per heavy atom. The lowest BCUT2D eigenvalue weighted by molar-refractivity contribution is 0.272. The molecule has 2 heterocycles. The molecule has 1 saturated heterocycles. The van der Waals surface area contributed by atoms with Crippen molar-refractivity contribution >= 4 is 5.82 Å². The lowest BCUT2D eigenvalue weighted by Crippen LogP contribution is -2.35. The second-order valence-electron chi connectivity index (χ2n) is 4.00. The number of hydrogen-bond donors (Lipinski definition) is 1. The molecule has 0 atom stereocenters. The summed E-state index contributed by atoms with van der Waals surface area (Å²) in [7, 11) is 1.62. The van der Waals surface area contributed by atoms with Crippen LogP contribution >= 0.6 is 0 Å². The van der Waals surface area contributed by atoms with Gasteiger partial charge in [0.15, 0.2) is 0 Å². The summed E-state index contributed by atoms with van der Waals surface area (Å²) in [6, 6.07) is 1.82. The predicted octanol–water partition coefficient (Wildman–Crippen LogP) is 1.61. The molecule has 0 amide bonds. The molecule has 0 saturated carbocycles. The average molecular weight is 222 g/mol. The standard InChI is InChI=1S/C11H18N4O/c1-9-12-10(8-11(13-9)16-2)14-15-6-4-3-5-7-15/h8H,3-7H2,1-2H3,(H,12,13,14). The number of aromatic nitrogens is 2. The molecule has 1 aliphatic rings. The Morgan fingerprint density at radius 1 is 1.25 bits per heavy atom. The third-order valence-corrected chi connectivity index (χ3v) is 2.65. The van der Waals surface area contributed by atoms with Crippen LogP contribution in [0.15, 0.2) is 6.07 Å². The lowest BCUT2D eigenvalue weighted by atomic mass is 10.2. The summed E-state index contributed by atoms with van der Waals surface area (Å²) >= 11 is 0. The van der Waals surface area contributed by atoms with Gasteiger partial charge in [0.2, 0.25) is 5.88 Å². The van der Waals surface area contributed by atoms with E-state index in [0.717, 1.165) is 24.7 Å². The number of nitrogens with one attached hydrogen (secondary N) is 1. The molecule has 1 fully saturated rings. The van der Waals surface area contributed by atoms with E-state index in [0.29, 0.717) is 5.88 Å². The first-order chi connectivity index (χ1) is 7.78. The summed E-state index contributed by atoms with van der Waals surface area (Å²) in [6.45, 7) is 4.01. The number of piperidine rings is 1. The first-order valence-electron chi connectivity index (χ1n) is 5.69. The highest BCUT2D eigenvalue weighted by atomic mass is 16.5. The van der Waals surface area contributed by atoms with Crippen LogP contribution in [-0.4, -0.2) is 35.2 Å². The van der Waals surface area contributed by atoms with E-state index >= 15 is 0 Å². The van der Waals surface area contributed by atoms with Gasteiger partial charge in [-0.2, -0.15) is 4.98 Å². The quantitative estimate of drug-likeness (QED) is 0.842. The van der Waals surface area contributed by atoms with Gasteiger partial charge in [-0.3, -0.25) is 0 Å². The smallest absolute Gasteiger partial charge is 0.218 e. The lowest BCUT2D eigenvalue weighted by Gasteiger charge is -2.27. The van der Waals surface area contributed by atoms with Gasteiger partial charge < -0.3 is 10.2 Å². The Labute approximate surface area is 95.8 Å². The van der Waals surface area contributed by atoms with Gasteiger partial charge in [-0.1, -0.05) is 6.42 Å². The summed E-state index contributed by atoms with van der Waals surface area (Å²) in [5.74, 6) is 2.14. The van der Waals surface area contributed by atoms with Crippen molar-refractivity contribution < 1.29 is 4.74 Å². The first kappa shape index (κ1) is 11.1. The number of aryl methyl sites for hydroxylation is 1. The molecule has 16 heavy (non-hydrogen) atoms. The van der Waals surface area contributed by atoms with E-state index in [-0.39, 0.29) is 0 Å². The molecule has 88 valence electrons. The number of methoxy groups -OCH3 is 1. The fraction of sp³-hybridized carbons (Fsp3) is 0.636. The molecule has 0 unspecified atom stereocenters. The number of nitrogens with zero attached hydrogens (tertiary/aromatic N) is 3. The van der Waals surface area contributed by atoms with Crippen LogP contribution in [0.1, 0.15) is 25.1 Å². The normalized spacial score (nSPS) is 17.1. The van der Waals surface area contributed by atoms with Gasteiger partial charge >= 0.3 is 0 Å². The Balaban J connectivity index is 2.04. The Hall–Kier alpha value is -1.36. The second kappa shape index (κ2) is 5.12. The first-order valence-corrected chi connectivity index (χ1v) is 5.69. The third kappa shape index (κ3) is 2.82. The number of rotatable bonds is 3. The van der Waals surface area contributed by atoms with E-state index in [2.05, 4.69) is 20.4 Å². The number of ether oxygens (including phenoxy) is 1. The van der Waals surface area contributed by atoms with Crippen LogP contribution in [0.3, 0.4) is 0 Å². The van der Waals surface area contributed by atoms with Crippen molar-refractivity contribution in [3.63, 3.8) is 0 Å². The van der Waals surface area contributed by atoms with Gasteiger partial charge in [0.1, 0.15) is 11.6 Å². The SMILES string of the molecule is COc1cc(NN2CCCCC2)nc(C)n1. The summed E-state index contributed by atoms with van der Waals surface area (Å²) in [4.78, 5) is 8.49. The van der Waals surface area contributed by atoms with E-state index in [1.165, 1.54) is 19.3 Å². The molecule has 0 radical (unpaired) electrons. The van der Waals surface area contributed by atoms with Crippen molar-refractivity contribution in [2.24, 2.45) is 0 Å². The third-order valence-electron chi connectivity index (χ3n) is 2.65. The summed E-state index contributed by atoms with van der Waals surface area (Å²) < 4.78 is 5.12. The van der Waals surface area contributed by atoms with E-state index in [1.54, 1.807) is 7.11 Å². The van der Waals surface area contributed by atoms with E-state index < -0.39 is 0 Å². The molecule has 1 aromatic heterocycles. The number of hydrogen-bond acceptors (Lipinski definition) is 5. The van der Waals surface area contributed by atoms with Crippen molar-refractivity contribution in [2.45, 2.75) is 26.2 Å². The van der Waals surface area contributed by atoms with Crippen LogP contribution in [0.5, 0.6) is 5.88 Å². The minimum absolute atomic E-state index is 0.604. The highest BCUT2D eigenvalue weighted by Crippen LogP contribution is 2.15. The van der Waals surface area contributed by atoms with E-state index in [1.807, 2.05) is 13.0 Å². The van der Waals surface area contributed by atoms with Crippen LogP contribution in [-0.2, 0) is 0 Å². The molecule has 0 aliphatic carbocycles. The molecular weight excluding hydrogens is 204 g/mol. The zero-order valence-electron chi connectivity index (χ0n) is 9.86. The highest BCUT2D eigenvalue weighted by Gasteiger charge is 2.11. The Bertz CT molecular complexity index is 350. The zero-order valence-corrected chi connectivity index (χ0v) is 9.86. The van der Waals surface area contributed by atoms with Gasteiger partial charge in [0.05, 0.1) is 7.11 Å². The molecule has 1 aromatic rings. The maximum absolute atomic E-state index is 5.12. The number of hydrazine groups is 1. The molecule has 2 rings (SSSR count). The summed E-state index contributed by atoms with van der Waals surface area (Å²) in [6.07, 6.45) is 3.81. The van der Waals surface area contributed by atoms with Gasteiger partial charge in [0.25, 0.3) is 0 Å². The van der Waals surface area contributed by atoms with Crippen molar-refractivity contribution in [2.75, 3.05) is 25.6 Å². The van der Waals surface area contributed by atoms with E-state index in [9.17, 15) is 0 Å². The molecule has 0 aromatic carbocycles. The second-order valence-corrected chi connectivity index (χ2v) is 4.00. The minimum Gasteiger partial charge on any atom is -0.481 e.